The van der Waals surface area contributed by atoms with Gasteiger partial charge in [-0.15, -0.1) is 5.10 Å². The van der Waals surface area contributed by atoms with E-state index in [1.807, 2.05) is 6.07 Å². The van der Waals surface area contributed by atoms with Crippen molar-refractivity contribution in [3.63, 3.8) is 0 Å². The zero-order chi connectivity index (χ0) is 16.9. The Morgan fingerprint density at radius 1 is 1.29 bits per heavy atom. The molecule has 3 aromatic rings. The van der Waals surface area contributed by atoms with Crippen LogP contribution in [0.15, 0.2) is 42.6 Å². The Kier molecular flexibility index (Phi) is 4.66. The number of carbonyl (C=O) groups is 1. The Morgan fingerprint density at radius 2 is 2.12 bits per heavy atom. The molecule has 8 heteroatoms. The van der Waals surface area contributed by atoms with E-state index in [-0.39, 0.29) is 11.5 Å². The summed E-state index contributed by atoms with van der Waals surface area (Å²) >= 11 is 0. The molecular weight excluding hydrogens is 313 g/mol. The summed E-state index contributed by atoms with van der Waals surface area (Å²) in [7, 11) is 1.62. The maximum atomic E-state index is 13.7. The van der Waals surface area contributed by atoms with Gasteiger partial charge in [0, 0.05) is 19.9 Å². The molecule has 1 aromatic carbocycles. The smallest absolute Gasteiger partial charge is 0.261 e. The lowest BCUT2D eigenvalue weighted by Crippen LogP contribution is -2.14. The standard InChI is InChI=1S/C16H16FN5O2/c1-24-10-8-18-13-7-4-9-22-14(13)19-16(21-22)20-15(23)11-5-2-3-6-12(11)17/h2-7,9,18H,8,10H2,1H3,(H,20,21,23). The zero-order valence-corrected chi connectivity index (χ0v) is 13.0. The molecule has 0 aliphatic rings. The van der Waals surface area contributed by atoms with E-state index in [1.165, 1.54) is 22.7 Å². The second-order valence-electron chi connectivity index (χ2n) is 4.98. The Balaban J connectivity index is 1.82. The third-order valence-electron chi connectivity index (χ3n) is 3.33. The molecule has 1 amide bonds. The fourth-order valence-electron chi connectivity index (χ4n) is 2.20. The van der Waals surface area contributed by atoms with Crippen LogP contribution in [0.4, 0.5) is 16.0 Å². The number of benzene rings is 1. The minimum Gasteiger partial charge on any atom is -0.383 e. The average molecular weight is 329 g/mol. The largest absolute Gasteiger partial charge is 0.383 e. The third kappa shape index (κ3) is 3.33. The molecule has 0 spiro atoms. The van der Waals surface area contributed by atoms with E-state index < -0.39 is 11.7 Å². The van der Waals surface area contributed by atoms with Crippen LogP contribution in [0, 0.1) is 5.82 Å². The maximum absolute atomic E-state index is 13.7. The van der Waals surface area contributed by atoms with Gasteiger partial charge in [0.05, 0.1) is 17.9 Å². The van der Waals surface area contributed by atoms with Gasteiger partial charge in [0.15, 0.2) is 5.65 Å². The van der Waals surface area contributed by atoms with Crippen molar-refractivity contribution in [3.8, 4) is 0 Å². The van der Waals surface area contributed by atoms with Crippen molar-refractivity contribution in [2.24, 2.45) is 0 Å². The average Bonchev–Trinajstić information content (AvgIpc) is 2.98. The van der Waals surface area contributed by atoms with Crippen LogP contribution >= 0.6 is 0 Å². The highest BCUT2D eigenvalue weighted by Crippen LogP contribution is 2.17. The van der Waals surface area contributed by atoms with Crippen molar-refractivity contribution in [1.82, 2.24) is 14.6 Å². The summed E-state index contributed by atoms with van der Waals surface area (Å²) in [6.45, 7) is 1.16. The first-order valence-corrected chi connectivity index (χ1v) is 7.33. The van der Waals surface area contributed by atoms with Crippen molar-refractivity contribution in [2.75, 3.05) is 30.9 Å². The van der Waals surface area contributed by atoms with Crippen molar-refractivity contribution in [3.05, 3.63) is 54.0 Å². The van der Waals surface area contributed by atoms with Gasteiger partial charge in [0.25, 0.3) is 5.91 Å². The van der Waals surface area contributed by atoms with E-state index in [2.05, 4.69) is 20.7 Å². The Hall–Kier alpha value is -3.00. The highest BCUT2D eigenvalue weighted by molar-refractivity contribution is 6.03. The van der Waals surface area contributed by atoms with Crippen molar-refractivity contribution < 1.29 is 13.9 Å². The molecular formula is C16H16FN5O2. The Bertz CT molecular complexity index is 865. The van der Waals surface area contributed by atoms with Gasteiger partial charge < -0.3 is 10.1 Å². The van der Waals surface area contributed by atoms with Crippen LogP contribution in [0.25, 0.3) is 5.65 Å². The first kappa shape index (κ1) is 15.9. The Morgan fingerprint density at radius 3 is 2.92 bits per heavy atom. The van der Waals surface area contributed by atoms with Crippen LogP contribution in [0.1, 0.15) is 10.4 Å². The molecule has 0 aliphatic heterocycles. The molecule has 7 nitrogen and oxygen atoms in total. The molecule has 2 heterocycles. The van der Waals surface area contributed by atoms with Crippen LogP contribution in [0.5, 0.6) is 0 Å². The van der Waals surface area contributed by atoms with Crippen molar-refractivity contribution in [2.45, 2.75) is 0 Å². The molecule has 0 unspecified atom stereocenters. The van der Waals surface area contributed by atoms with E-state index >= 15 is 0 Å². The van der Waals surface area contributed by atoms with Crippen molar-refractivity contribution >= 4 is 23.2 Å². The SMILES string of the molecule is COCCNc1cccn2nc(NC(=O)c3ccccc3F)nc12. The lowest BCUT2D eigenvalue weighted by Gasteiger charge is -2.05. The molecule has 0 bridgehead atoms. The normalized spacial score (nSPS) is 10.8. The molecule has 0 atom stereocenters. The number of halogens is 1. The Labute approximate surface area is 137 Å². The van der Waals surface area contributed by atoms with E-state index in [4.69, 9.17) is 4.74 Å². The summed E-state index contributed by atoms with van der Waals surface area (Å²) in [5.41, 5.74) is 1.25. The minimum atomic E-state index is -0.599. The van der Waals surface area contributed by atoms with E-state index in [9.17, 15) is 9.18 Å². The number of carbonyl (C=O) groups excluding carboxylic acids is 1. The first-order chi connectivity index (χ1) is 11.7. The molecule has 3 rings (SSSR count). The number of nitrogens with one attached hydrogen (secondary N) is 2. The number of rotatable bonds is 6. The van der Waals surface area contributed by atoms with Crippen molar-refractivity contribution in [1.29, 1.82) is 0 Å². The van der Waals surface area contributed by atoms with Crippen LogP contribution in [0.3, 0.4) is 0 Å². The lowest BCUT2D eigenvalue weighted by molar-refractivity contribution is 0.102. The zero-order valence-electron chi connectivity index (χ0n) is 13.0. The molecule has 24 heavy (non-hydrogen) atoms. The van der Waals surface area contributed by atoms with Gasteiger partial charge in [-0.2, -0.15) is 4.98 Å². The maximum Gasteiger partial charge on any atom is 0.261 e. The van der Waals surface area contributed by atoms with Gasteiger partial charge in [-0.3, -0.25) is 10.1 Å². The summed E-state index contributed by atoms with van der Waals surface area (Å²) in [6, 6.07) is 9.39. The molecule has 0 fully saturated rings. The second kappa shape index (κ2) is 7.05. The second-order valence-corrected chi connectivity index (χ2v) is 4.98. The van der Waals surface area contributed by atoms with Gasteiger partial charge in [-0.1, -0.05) is 12.1 Å². The quantitative estimate of drug-likeness (QED) is 0.678. The number of ether oxygens (including phenoxy) is 1. The predicted octanol–water partition coefficient (Wildman–Crippen LogP) is 2.18. The summed E-state index contributed by atoms with van der Waals surface area (Å²) in [5.74, 6) is -1.09. The number of methoxy groups -OCH3 is 1. The summed E-state index contributed by atoms with van der Waals surface area (Å²) < 4.78 is 20.2. The van der Waals surface area contributed by atoms with Gasteiger partial charge >= 0.3 is 0 Å². The topological polar surface area (TPSA) is 80.5 Å². The number of hydrogen-bond donors (Lipinski definition) is 2. The third-order valence-corrected chi connectivity index (χ3v) is 3.33. The molecule has 124 valence electrons. The van der Waals surface area contributed by atoms with Gasteiger partial charge in [-0.05, 0) is 24.3 Å². The van der Waals surface area contributed by atoms with Crippen LogP contribution in [-0.2, 0) is 4.74 Å². The number of hydrogen-bond acceptors (Lipinski definition) is 5. The summed E-state index contributed by atoms with van der Waals surface area (Å²) in [4.78, 5) is 16.4. The van der Waals surface area contributed by atoms with Crippen LogP contribution in [-0.4, -0.2) is 40.8 Å². The number of fused-ring (bicyclic) bond motifs is 1. The fraction of sp³-hybridized carbons (Fsp3) is 0.188. The van der Waals surface area contributed by atoms with E-state index in [1.54, 1.807) is 25.4 Å². The predicted molar refractivity (Wildman–Crippen MR) is 87.7 cm³/mol. The number of pyridine rings is 1. The van der Waals surface area contributed by atoms with E-state index in [0.717, 1.165) is 5.69 Å². The van der Waals surface area contributed by atoms with Gasteiger partial charge in [-0.25, -0.2) is 8.91 Å². The molecule has 0 radical (unpaired) electrons. The first-order valence-electron chi connectivity index (χ1n) is 7.33. The monoisotopic (exact) mass is 329 g/mol. The highest BCUT2D eigenvalue weighted by atomic mass is 19.1. The van der Waals surface area contributed by atoms with Crippen LogP contribution in [0.2, 0.25) is 0 Å². The molecule has 2 aromatic heterocycles. The van der Waals surface area contributed by atoms with Gasteiger partial charge in [0.2, 0.25) is 5.95 Å². The van der Waals surface area contributed by atoms with E-state index in [0.29, 0.717) is 18.8 Å². The van der Waals surface area contributed by atoms with Gasteiger partial charge in [0.1, 0.15) is 5.82 Å². The molecule has 0 aliphatic carbocycles. The lowest BCUT2D eigenvalue weighted by atomic mass is 10.2. The highest BCUT2D eigenvalue weighted by Gasteiger charge is 2.14. The van der Waals surface area contributed by atoms with Crippen LogP contribution < -0.4 is 10.6 Å². The number of amides is 1. The molecule has 0 saturated carbocycles. The summed E-state index contributed by atoms with van der Waals surface area (Å²) in [6.07, 6.45) is 1.71. The minimum absolute atomic E-state index is 0.0604. The number of aromatic nitrogens is 3. The summed E-state index contributed by atoms with van der Waals surface area (Å²) in [5, 5.41) is 9.86. The molecule has 0 saturated heterocycles. The number of nitrogens with zero attached hydrogens (tertiary/aromatic N) is 3. The number of anilines is 2. The fourth-order valence-corrected chi connectivity index (χ4v) is 2.20. The molecule has 2 N–H and O–H groups in total.